The minimum absolute atomic E-state index is 0.0335. The molecule has 0 aliphatic heterocycles. The van der Waals surface area contributed by atoms with Crippen LogP contribution in [0.1, 0.15) is 18.2 Å². The minimum atomic E-state index is -0.113. The van der Waals surface area contributed by atoms with Crippen molar-refractivity contribution in [2.24, 2.45) is 0 Å². The Bertz CT molecular complexity index is 588. The van der Waals surface area contributed by atoms with Crippen LogP contribution in [0.2, 0.25) is 0 Å². The lowest BCUT2D eigenvalue weighted by molar-refractivity contribution is -0.120. The van der Waals surface area contributed by atoms with Crippen molar-refractivity contribution >= 4 is 17.5 Å². The van der Waals surface area contributed by atoms with Gasteiger partial charge in [-0.25, -0.2) is 0 Å². The van der Waals surface area contributed by atoms with E-state index >= 15 is 0 Å². The zero-order valence-electron chi connectivity index (χ0n) is 11.9. The molecule has 0 radical (unpaired) electrons. The highest BCUT2D eigenvalue weighted by atomic mass is 16.3. The van der Waals surface area contributed by atoms with Gasteiger partial charge in [0.1, 0.15) is 5.76 Å². The van der Waals surface area contributed by atoms with E-state index in [1.165, 1.54) is 6.92 Å². The molecule has 0 aliphatic rings. The number of hydrogen-bond acceptors (Lipinski definition) is 3. The molecule has 0 fully saturated rings. The van der Waals surface area contributed by atoms with Crippen LogP contribution in [0.5, 0.6) is 0 Å². The molecule has 0 spiro atoms. The predicted octanol–water partition coefficient (Wildman–Crippen LogP) is 2.14. The lowest BCUT2D eigenvalue weighted by atomic mass is 10.1. The number of benzene rings is 1. The fourth-order valence-corrected chi connectivity index (χ4v) is 1.94. The molecule has 21 heavy (non-hydrogen) atoms. The highest BCUT2D eigenvalue weighted by Gasteiger charge is 2.04. The molecule has 5 nitrogen and oxygen atoms in total. The van der Waals surface area contributed by atoms with Crippen LogP contribution in [0.4, 0.5) is 5.69 Å². The molecule has 5 heteroatoms. The quantitative estimate of drug-likeness (QED) is 0.854. The number of amides is 2. The SMILES string of the molecule is CC(=O)Nc1ccc(CC(=O)NCCc2ccco2)cc1. The highest BCUT2D eigenvalue weighted by Crippen LogP contribution is 2.10. The topological polar surface area (TPSA) is 71.3 Å². The summed E-state index contributed by atoms with van der Waals surface area (Å²) in [6.07, 6.45) is 2.62. The summed E-state index contributed by atoms with van der Waals surface area (Å²) in [6, 6.07) is 10.9. The van der Waals surface area contributed by atoms with Crippen LogP contribution in [0.15, 0.2) is 47.1 Å². The van der Waals surface area contributed by atoms with Gasteiger partial charge < -0.3 is 15.1 Å². The van der Waals surface area contributed by atoms with E-state index in [0.717, 1.165) is 17.0 Å². The van der Waals surface area contributed by atoms with E-state index < -0.39 is 0 Å². The van der Waals surface area contributed by atoms with Crippen LogP contribution < -0.4 is 10.6 Å². The Morgan fingerprint density at radius 1 is 1.14 bits per heavy atom. The number of nitrogens with one attached hydrogen (secondary N) is 2. The molecule has 0 unspecified atom stereocenters. The maximum absolute atomic E-state index is 11.8. The van der Waals surface area contributed by atoms with Crippen molar-refractivity contribution in [2.75, 3.05) is 11.9 Å². The zero-order chi connectivity index (χ0) is 15.1. The summed E-state index contributed by atoms with van der Waals surface area (Å²) in [6.45, 7) is 2.01. The molecular formula is C16H18N2O3. The molecule has 0 bridgehead atoms. The molecule has 1 heterocycles. The van der Waals surface area contributed by atoms with Gasteiger partial charge >= 0.3 is 0 Å². The van der Waals surface area contributed by atoms with E-state index in [2.05, 4.69) is 10.6 Å². The average Bonchev–Trinajstić information content (AvgIpc) is 2.93. The fourth-order valence-electron chi connectivity index (χ4n) is 1.94. The largest absolute Gasteiger partial charge is 0.469 e. The number of carbonyl (C=O) groups excluding carboxylic acids is 2. The van der Waals surface area contributed by atoms with Gasteiger partial charge in [-0.05, 0) is 29.8 Å². The average molecular weight is 286 g/mol. The predicted molar refractivity (Wildman–Crippen MR) is 79.9 cm³/mol. The molecule has 1 aromatic heterocycles. The van der Waals surface area contributed by atoms with Crippen molar-refractivity contribution in [3.8, 4) is 0 Å². The van der Waals surface area contributed by atoms with Crippen molar-refractivity contribution in [3.05, 3.63) is 54.0 Å². The smallest absolute Gasteiger partial charge is 0.224 e. The molecule has 2 aromatic rings. The Morgan fingerprint density at radius 2 is 1.90 bits per heavy atom. The van der Waals surface area contributed by atoms with E-state index in [1.54, 1.807) is 18.4 Å². The molecule has 2 amide bonds. The van der Waals surface area contributed by atoms with E-state index in [1.807, 2.05) is 24.3 Å². The van der Waals surface area contributed by atoms with Gasteiger partial charge in [-0.3, -0.25) is 9.59 Å². The maximum atomic E-state index is 11.8. The van der Waals surface area contributed by atoms with Crippen LogP contribution in [-0.2, 0) is 22.4 Å². The van der Waals surface area contributed by atoms with Crippen LogP contribution in [-0.4, -0.2) is 18.4 Å². The van der Waals surface area contributed by atoms with Gasteiger partial charge in [0.15, 0.2) is 0 Å². The summed E-state index contributed by atoms with van der Waals surface area (Å²) in [7, 11) is 0. The molecule has 0 saturated carbocycles. The van der Waals surface area contributed by atoms with Gasteiger partial charge in [0.25, 0.3) is 0 Å². The molecule has 0 aliphatic carbocycles. The van der Waals surface area contributed by atoms with Gasteiger partial charge in [0.2, 0.25) is 11.8 Å². The van der Waals surface area contributed by atoms with E-state index in [0.29, 0.717) is 19.4 Å². The van der Waals surface area contributed by atoms with Crippen LogP contribution in [0.3, 0.4) is 0 Å². The minimum Gasteiger partial charge on any atom is -0.469 e. The number of hydrogen-bond donors (Lipinski definition) is 2. The highest BCUT2D eigenvalue weighted by molar-refractivity contribution is 5.88. The standard InChI is InChI=1S/C16H18N2O3/c1-12(19)18-14-6-4-13(5-7-14)11-16(20)17-9-8-15-3-2-10-21-15/h2-7,10H,8-9,11H2,1H3,(H,17,20)(H,18,19). The third-order valence-electron chi connectivity index (χ3n) is 2.91. The van der Waals surface area contributed by atoms with Gasteiger partial charge in [0, 0.05) is 25.6 Å². The zero-order valence-corrected chi connectivity index (χ0v) is 11.9. The molecule has 0 atom stereocenters. The summed E-state index contributed by atoms with van der Waals surface area (Å²) in [5.74, 6) is 0.710. The lowest BCUT2D eigenvalue weighted by Crippen LogP contribution is -2.27. The van der Waals surface area contributed by atoms with Gasteiger partial charge in [-0.1, -0.05) is 12.1 Å². The molecule has 0 saturated heterocycles. The first-order valence-electron chi connectivity index (χ1n) is 6.79. The van der Waals surface area contributed by atoms with Crippen LogP contribution >= 0.6 is 0 Å². The first-order chi connectivity index (χ1) is 10.1. The lowest BCUT2D eigenvalue weighted by Gasteiger charge is -2.06. The Kier molecular flexibility index (Phi) is 5.15. The van der Waals surface area contributed by atoms with E-state index in [4.69, 9.17) is 4.42 Å². The second kappa shape index (κ2) is 7.28. The first kappa shape index (κ1) is 14.8. The number of carbonyl (C=O) groups is 2. The van der Waals surface area contributed by atoms with Crippen molar-refractivity contribution in [2.45, 2.75) is 19.8 Å². The Hall–Kier alpha value is -2.56. The molecular weight excluding hydrogens is 268 g/mol. The second-order valence-corrected chi connectivity index (χ2v) is 4.73. The third-order valence-corrected chi connectivity index (χ3v) is 2.91. The summed E-state index contributed by atoms with van der Waals surface area (Å²) >= 11 is 0. The molecule has 2 rings (SSSR count). The Balaban J connectivity index is 1.75. The van der Waals surface area contributed by atoms with E-state index in [9.17, 15) is 9.59 Å². The number of anilines is 1. The van der Waals surface area contributed by atoms with Gasteiger partial charge in [-0.15, -0.1) is 0 Å². The summed E-state index contributed by atoms with van der Waals surface area (Å²) in [5.41, 5.74) is 1.63. The summed E-state index contributed by atoms with van der Waals surface area (Å²) in [4.78, 5) is 22.7. The Morgan fingerprint density at radius 3 is 2.52 bits per heavy atom. The van der Waals surface area contributed by atoms with Gasteiger partial charge in [0.05, 0.1) is 12.7 Å². The maximum Gasteiger partial charge on any atom is 0.224 e. The fraction of sp³-hybridized carbons (Fsp3) is 0.250. The molecule has 110 valence electrons. The second-order valence-electron chi connectivity index (χ2n) is 4.73. The third kappa shape index (κ3) is 5.14. The van der Waals surface area contributed by atoms with Crippen molar-refractivity contribution in [3.63, 3.8) is 0 Å². The van der Waals surface area contributed by atoms with Crippen molar-refractivity contribution in [1.82, 2.24) is 5.32 Å². The number of rotatable bonds is 6. The Labute approximate surface area is 123 Å². The normalized spacial score (nSPS) is 10.1. The molecule has 1 aromatic carbocycles. The number of furan rings is 1. The molecule has 2 N–H and O–H groups in total. The van der Waals surface area contributed by atoms with Crippen LogP contribution in [0, 0.1) is 0 Å². The monoisotopic (exact) mass is 286 g/mol. The van der Waals surface area contributed by atoms with Crippen molar-refractivity contribution in [1.29, 1.82) is 0 Å². The van der Waals surface area contributed by atoms with E-state index in [-0.39, 0.29) is 11.8 Å². The summed E-state index contributed by atoms with van der Waals surface area (Å²) in [5, 5.41) is 5.53. The van der Waals surface area contributed by atoms with Gasteiger partial charge in [-0.2, -0.15) is 0 Å². The first-order valence-corrected chi connectivity index (χ1v) is 6.79. The summed E-state index contributed by atoms with van der Waals surface area (Å²) < 4.78 is 5.19. The van der Waals surface area contributed by atoms with Crippen molar-refractivity contribution < 1.29 is 14.0 Å². The van der Waals surface area contributed by atoms with Crippen LogP contribution in [0.25, 0.3) is 0 Å².